The number of esters is 1. The molecule has 4 nitrogen and oxygen atoms in total. The van der Waals surface area contributed by atoms with E-state index in [1.807, 2.05) is 0 Å². The van der Waals surface area contributed by atoms with Crippen LogP contribution in [-0.2, 0) is 9.53 Å². The fourth-order valence-corrected chi connectivity index (χ4v) is 3.79. The second kappa shape index (κ2) is 13.5. The van der Waals surface area contributed by atoms with E-state index in [1.54, 1.807) is 0 Å². The number of rotatable bonds is 14. The van der Waals surface area contributed by atoms with Gasteiger partial charge in [-0.25, -0.2) is 0 Å². The lowest BCUT2D eigenvalue weighted by Crippen LogP contribution is -2.57. The summed E-state index contributed by atoms with van der Waals surface area (Å²) in [4.78, 5) is 14.5. The van der Waals surface area contributed by atoms with Gasteiger partial charge in [-0.05, 0) is 25.2 Å². The van der Waals surface area contributed by atoms with Gasteiger partial charge in [-0.1, -0.05) is 52.9 Å². The number of hydrogen-bond acceptors (Lipinski definition) is 3. The summed E-state index contributed by atoms with van der Waals surface area (Å²) in [7, 11) is 2.40. The number of nitrogens with zero attached hydrogens (tertiary/aromatic N) is 2. The van der Waals surface area contributed by atoms with Crippen molar-refractivity contribution < 1.29 is 14.0 Å². The molecular formula is C22H45N2O2+. The van der Waals surface area contributed by atoms with Crippen LogP contribution in [0.25, 0.3) is 0 Å². The van der Waals surface area contributed by atoms with Gasteiger partial charge < -0.3 is 9.22 Å². The van der Waals surface area contributed by atoms with E-state index in [4.69, 9.17) is 4.74 Å². The Hall–Kier alpha value is -0.610. The lowest BCUT2D eigenvalue weighted by atomic mass is 10.0. The van der Waals surface area contributed by atoms with Crippen LogP contribution in [0.1, 0.15) is 78.6 Å². The second-order valence-corrected chi connectivity index (χ2v) is 8.54. The Bertz CT molecular complexity index is 365. The Morgan fingerprint density at radius 1 is 1.04 bits per heavy atom. The molecule has 1 fully saturated rings. The summed E-state index contributed by atoms with van der Waals surface area (Å²) in [6, 6.07) is 0. The van der Waals surface area contributed by atoms with E-state index >= 15 is 0 Å². The number of carbonyl (C=O) groups excluding carboxylic acids is 1. The van der Waals surface area contributed by atoms with E-state index in [0.29, 0.717) is 18.9 Å². The van der Waals surface area contributed by atoms with Gasteiger partial charge in [0.15, 0.2) is 0 Å². The molecule has 1 saturated heterocycles. The van der Waals surface area contributed by atoms with Crippen LogP contribution in [0.2, 0.25) is 0 Å². The normalized spacial score (nSPS) is 18.6. The Morgan fingerprint density at radius 3 is 2.35 bits per heavy atom. The van der Waals surface area contributed by atoms with Crippen molar-refractivity contribution in [3.05, 3.63) is 0 Å². The van der Waals surface area contributed by atoms with E-state index in [9.17, 15) is 4.79 Å². The zero-order valence-electron chi connectivity index (χ0n) is 18.1. The Balaban J connectivity index is 2.15. The van der Waals surface area contributed by atoms with Crippen molar-refractivity contribution in [3.8, 4) is 0 Å². The first kappa shape index (κ1) is 23.4. The van der Waals surface area contributed by atoms with Crippen molar-refractivity contribution in [2.45, 2.75) is 78.6 Å². The number of carbonyl (C=O) groups is 1. The molecule has 26 heavy (non-hydrogen) atoms. The lowest BCUT2D eigenvalue weighted by Gasteiger charge is -2.42. The van der Waals surface area contributed by atoms with Crippen molar-refractivity contribution in [2.24, 2.45) is 5.92 Å². The maximum Gasteiger partial charge on any atom is 0.307 e. The van der Waals surface area contributed by atoms with Crippen LogP contribution < -0.4 is 0 Å². The molecule has 4 heteroatoms. The molecule has 0 aliphatic carbocycles. The summed E-state index contributed by atoms with van der Waals surface area (Å²) in [5, 5.41) is 0. The number of ether oxygens (including phenoxy) is 1. The molecule has 0 N–H and O–H groups in total. The minimum atomic E-state index is -0.0117. The molecule has 1 aliphatic rings. The first-order valence-corrected chi connectivity index (χ1v) is 11.2. The van der Waals surface area contributed by atoms with Crippen LogP contribution in [0.3, 0.4) is 0 Å². The lowest BCUT2D eigenvalue weighted by molar-refractivity contribution is -0.913. The van der Waals surface area contributed by atoms with E-state index in [2.05, 4.69) is 32.7 Å². The predicted octanol–water partition coefficient (Wildman–Crippen LogP) is 4.48. The third-order valence-corrected chi connectivity index (χ3v) is 6.12. The highest BCUT2D eigenvalue weighted by Gasteiger charge is 2.28. The Kier molecular flexibility index (Phi) is 12.2. The van der Waals surface area contributed by atoms with Gasteiger partial charge in [0, 0.05) is 19.6 Å². The number of hydrogen-bond donors (Lipinski definition) is 0. The Morgan fingerprint density at radius 2 is 1.73 bits per heavy atom. The molecule has 0 aromatic rings. The molecule has 0 amide bonds. The summed E-state index contributed by atoms with van der Waals surface area (Å²) >= 11 is 0. The van der Waals surface area contributed by atoms with Crippen LogP contribution in [0.15, 0.2) is 0 Å². The number of piperazine rings is 1. The summed E-state index contributed by atoms with van der Waals surface area (Å²) in [5.41, 5.74) is 0. The zero-order valence-corrected chi connectivity index (χ0v) is 18.1. The minimum Gasteiger partial charge on any atom is -0.465 e. The Labute approximate surface area is 162 Å². The SMILES string of the molecule is CCCCCC[N+]1(C)CCN(CCC(=O)OCC(CC)CCCC)CC1. The molecular weight excluding hydrogens is 324 g/mol. The molecule has 1 aliphatic heterocycles. The summed E-state index contributed by atoms with van der Waals surface area (Å²) in [6.45, 7) is 14.1. The first-order valence-electron chi connectivity index (χ1n) is 11.2. The number of quaternary nitrogens is 1. The maximum atomic E-state index is 12.1. The van der Waals surface area contributed by atoms with Crippen LogP contribution in [0.4, 0.5) is 0 Å². The van der Waals surface area contributed by atoms with Crippen molar-refractivity contribution in [2.75, 3.05) is 52.9 Å². The fraction of sp³-hybridized carbons (Fsp3) is 0.955. The molecule has 0 spiro atoms. The maximum absolute atomic E-state index is 12.1. The number of unbranched alkanes of at least 4 members (excludes halogenated alkanes) is 4. The van der Waals surface area contributed by atoms with Gasteiger partial charge in [0.2, 0.25) is 0 Å². The van der Waals surface area contributed by atoms with Crippen molar-refractivity contribution in [1.29, 1.82) is 0 Å². The topological polar surface area (TPSA) is 29.5 Å². The quantitative estimate of drug-likeness (QED) is 0.257. The summed E-state index contributed by atoms with van der Waals surface area (Å²) in [5.74, 6) is 0.530. The van der Waals surface area contributed by atoms with Crippen LogP contribution in [-0.4, -0.2) is 68.3 Å². The molecule has 1 rings (SSSR count). The zero-order chi connectivity index (χ0) is 19.3. The summed E-state index contributed by atoms with van der Waals surface area (Å²) in [6.07, 6.45) is 10.7. The van der Waals surface area contributed by atoms with E-state index in [-0.39, 0.29) is 5.97 Å². The molecule has 0 saturated carbocycles. The molecule has 154 valence electrons. The van der Waals surface area contributed by atoms with Gasteiger partial charge in [0.1, 0.15) is 0 Å². The van der Waals surface area contributed by atoms with E-state index in [1.165, 1.54) is 69.1 Å². The van der Waals surface area contributed by atoms with Crippen molar-refractivity contribution in [3.63, 3.8) is 0 Å². The molecule has 1 unspecified atom stereocenters. The fourth-order valence-electron chi connectivity index (χ4n) is 3.79. The highest BCUT2D eigenvalue weighted by atomic mass is 16.5. The standard InChI is InChI=1S/C22H45N2O2/c1-5-8-10-11-17-24(4)18-15-23(16-19-24)14-13-22(25)26-20-21(7-3)12-9-6-2/h21H,5-20H2,1-4H3/q+1. The van der Waals surface area contributed by atoms with Gasteiger partial charge in [-0.2, -0.15) is 0 Å². The monoisotopic (exact) mass is 369 g/mol. The average molecular weight is 370 g/mol. The van der Waals surface area contributed by atoms with Gasteiger partial charge >= 0.3 is 5.97 Å². The predicted molar refractivity (Wildman–Crippen MR) is 110 cm³/mol. The highest BCUT2D eigenvalue weighted by Crippen LogP contribution is 2.15. The van der Waals surface area contributed by atoms with Gasteiger partial charge in [-0.3, -0.25) is 9.69 Å². The minimum absolute atomic E-state index is 0.0117. The molecule has 1 atom stereocenters. The first-order chi connectivity index (χ1) is 12.5. The average Bonchev–Trinajstić information content (AvgIpc) is 2.65. The molecule has 0 aromatic heterocycles. The van der Waals surface area contributed by atoms with E-state index in [0.717, 1.165) is 26.1 Å². The van der Waals surface area contributed by atoms with Crippen LogP contribution >= 0.6 is 0 Å². The van der Waals surface area contributed by atoms with Gasteiger partial charge in [0.25, 0.3) is 0 Å². The third kappa shape index (κ3) is 9.91. The molecule has 1 heterocycles. The highest BCUT2D eigenvalue weighted by molar-refractivity contribution is 5.69. The second-order valence-electron chi connectivity index (χ2n) is 8.54. The smallest absolute Gasteiger partial charge is 0.307 e. The van der Waals surface area contributed by atoms with Crippen molar-refractivity contribution >= 4 is 5.97 Å². The van der Waals surface area contributed by atoms with Gasteiger partial charge in [-0.15, -0.1) is 0 Å². The number of likely N-dealkylation sites (N-methyl/N-ethyl adjacent to an activating group) is 1. The van der Waals surface area contributed by atoms with Crippen molar-refractivity contribution in [1.82, 2.24) is 4.90 Å². The van der Waals surface area contributed by atoms with Crippen LogP contribution in [0.5, 0.6) is 0 Å². The summed E-state index contributed by atoms with van der Waals surface area (Å²) < 4.78 is 6.74. The molecule has 0 radical (unpaired) electrons. The van der Waals surface area contributed by atoms with E-state index < -0.39 is 0 Å². The van der Waals surface area contributed by atoms with Gasteiger partial charge in [0.05, 0.1) is 39.7 Å². The largest absolute Gasteiger partial charge is 0.465 e. The molecule has 0 bridgehead atoms. The van der Waals surface area contributed by atoms with Crippen LogP contribution in [0, 0.1) is 5.92 Å². The molecule has 0 aromatic carbocycles. The third-order valence-electron chi connectivity index (χ3n) is 6.12.